The number of likely N-dealkylation sites (tertiary alicyclic amines) is 1. The first-order valence-electron chi connectivity index (χ1n) is 13.7. The van der Waals surface area contributed by atoms with E-state index in [2.05, 4.69) is 31.0 Å². The molecule has 5 heteroatoms. The monoisotopic (exact) mass is 478 g/mol. The van der Waals surface area contributed by atoms with Gasteiger partial charge in [-0.1, -0.05) is 20.8 Å². The molecule has 8 atom stereocenters. The van der Waals surface area contributed by atoms with Gasteiger partial charge in [-0.2, -0.15) is 0 Å². The van der Waals surface area contributed by atoms with Crippen molar-refractivity contribution in [3.63, 3.8) is 0 Å². The fraction of sp³-hybridized carbons (Fsp3) is 0.700. The van der Waals surface area contributed by atoms with Gasteiger partial charge in [-0.15, -0.1) is 0 Å². The third kappa shape index (κ3) is 3.84. The highest BCUT2D eigenvalue weighted by Crippen LogP contribution is 2.67. The number of fused-ring (bicyclic) bond motifs is 5. The second-order valence-electron chi connectivity index (χ2n) is 12.6. The number of nitrogens with one attached hydrogen (secondary N) is 1. The van der Waals surface area contributed by atoms with Crippen LogP contribution in [-0.2, 0) is 9.59 Å². The molecule has 1 aromatic rings. The first kappa shape index (κ1) is 24.5. The van der Waals surface area contributed by atoms with Crippen LogP contribution in [0.4, 0.5) is 5.69 Å². The maximum Gasteiger partial charge on any atom is 0.227 e. The van der Waals surface area contributed by atoms with Gasteiger partial charge in [0.2, 0.25) is 11.8 Å². The molecule has 5 rings (SSSR count). The van der Waals surface area contributed by atoms with E-state index in [1.54, 1.807) is 19.1 Å². The van der Waals surface area contributed by atoms with E-state index in [-0.39, 0.29) is 28.4 Å². The Kier molecular flexibility index (Phi) is 6.12. The summed E-state index contributed by atoms with van der Waals surface area (Å²) < 4.78 is 0. The number of hydrogen-bond acceptors (Lipinski definition) is 3. The van der Waals surface area contributed by atoms with Gasteiger partial charge in [0.15, 0.2) is 5.78 Å². The Bertz CT molecular complexity index is 1020. The number of nitrogens with zero attached hydrogens (tertiary/aromatic N) is 1. The average Bonchev–Trinajstić information content (AvgIpc) is 3.18. The lowest BCUT2D eigenvalue weighted by molar-refractivity contribution is -0.159. The van der Waals surface area contributed by atoms with Crippen molar-refractivity contribution in [2.24, 2.45) is 40.4 Å². The van der Waals surface area contributed by atoms with Gasteiger partial charge in [-0.3, -0.25) is 14.4 Å². The molecule has 190 valence electrons. The molecule has 1 aromatic carbocycles. The summed E-state index contributed by atoms with van der Waals surface area (Å²) in [5.74, 6) is 2.89. The molecular formula is C30H42N2O3. The Morgan fingerprint density at radius 2 is 1.66 bits per heavy atom. The molecule has 0 unspecified atom stereocenters. The molecule has 1 aliphatic heterocycles. The largest absolute Gasteiger partial charge is 0.342 e. The van der Waals surface area contributed by atoms with Gasteiger partial charge < -0.3 is 10.2 Å². The van der Waals surface area contributed by atoms with Crippen molar-refractivity contribution in [1.82, 2.24) is 4.90 Å². The number of ketones is 1. The van der Waals surface area contributed by atoms with Gasteiger partial charge in [-0.05, 0) is 111 Å². The summed E-state index contributed by atoms with van der Waals surface area (Å²) in [5.41, 5.74) is 1.86. The van der Waals surface area contributed by atoms with Crippen LogP contribution in [-0.4, -0.2) is 35.6 Å². The molecule has 35 heavy (non-hydrogen) atoms. The van der Waals surface area contributed by atoms with Gasteiger partial charge in [0.25, 0.3) is 0 Å². The van der Waals surface area contributed by atoms with Crippen LogP contribution in [0.15, 0.2) is 24.3 Å². The Morgan fingerprint density at radius 1 is 0.971 bits per heavy atom. The number of carbonyl (C=O) groups is 3. The topological polar surface area (TPSA) is 66.5 Å². The maximum absolute atomic E-state index is 13.3. The summed E-state index contributed by atoms with van der Waals surface area (Å²) in [6, 6.07) is 7.62. The van der Waals surface area contributed by atoms with Gasteiger partial charge >= 0.3 is 0 Å². The zero-order chi connectivity index (χ0) is 25.1. The van der Waals surface area contributed by atoms with E-state index in [4.69, 9.17) is 0 Å². The quantitative estimate of drug-likeness (QED) is 0.544. The van der Waals surface area contributed by atoms with Crippen LogP contribution in [0.3, 0.4) is 0 Å². The summed E-state index contributed by atoms with van der Waals surface area (Å²) in [5, 5.41) is 3.12. The third-order valence-electron chi connectivity index (χ3n) is 11.2. The standard InChI is InChI=1S/C30H42N2O3/c1-18(28(35)31-21-8-6-20(7-9-21)19(2)33)23-11-12-24-22-10-13-26-30(4,17-15-27(34)32(26)5)25(22)14-16-29(23,24)3/h6-9,18,22-26H,10-17H2,1-5H3,(H,31,35)/t18-,22-,23+,24-,25-,26+,29+,30+/m0/s1. The zero-order valence-electron chi connectivity index (χ0n) is 22.1. The summed E-state index contributed by atoms with van der Waals surface area (Å²) in [4.78, 5) is 39.3. The van der Waals surface area contributed by atoms with Gasteiger partial charge in [0, 0.05) is 36.7 Å². The molecule has 1 heterocycles. The van der Waals surface area contributed by atoms with Crippen molar-refractivity contribution in [1.29, 1.82) is 0 Å². The zero-order valence-corrected chi connectivity index (χ0v) is 22.1. The number of hydrogen-bond donors (Lipinski definition) is 1. The first-order chi connectivity index (χ1) is 16.6. The lowest BCUT2D eigenvalue weighted by Crippen LogP contribution is -2.61. The summed E-state index contributed by atoms with van der Waals surface area (Å²) in [6.45, 7) is 8.62. The van der Waals surface area contributed by atoms with E-state index in [0.29, 0.717) is 41.7 Å². The average molecular weight is 479 g/mol. The van der Waals surface area contributed by atoms with Crippen LogP contribution in [0.25, 0.3) is 0 Å². The lowest BCUT2D eigenvalue weighted by atomic mass is 9.46. The highest BCUT2D eigenvalue weighted by Gasteiger charge is 2.61. The normalized spacial score (nSPS) is 39.3. The summed E-state index contributed by atoms with van der Waals surface area (Å²) in [6.07, 6.45) is 8.85. The van der Waals surface area contributed by atoms with Crippen LogP contribution in [0, 0.1) is 40.4 Å². The number of amides is 2. The van der Waals surface area contributed by atoms with Crippen LogP contribution in [0.1, 0.15) is 89.4 Å². The van der Waals surface area contributed by atoms with Crippen molar-refractivity contribution < 1.29 is 14.4 Å². The number of piperidine rings is 1. The maximum atomic E-state index is 13.3. The second kappa shape index (κ2) is 8.74. The van der Waals surface area contributed by atoms with Crippen molar-refractivity contribution in [3.05, 3.63) is 29.8 Å². The molecule has 4 fully saturated rings. The van der Waals surface area contributed by atoms with Crippen LogP contribution in [0.2, 0.25) is 0 Å². The van der Waals surface area contributed by atoms with E-state index in [9.17, 15) is 14.4 Å². The molecule has 3 saturated carbocycles. The first-order valence-corrected chi connectivity index (χ1v) is 13.7. The Hall–Kier alpha value is -2.17. The fourth-order valence-electron chi connectivity index (χ4n) is 9.24. The number of anilines is 1. The number of carbonyl (C=O) groups excluding carboxylic acids is 3. The highest BCUT2D eigenvalue weighted by atomic mass is 16.2. The van der Waals surface area contributed by atoms with E-state index < -0.39 is 0 Å². The van der Waals surface area contributed by atoms with Gasteiger partial charge in [0.1, 0.15) is 0 Å². The van der Waals surface area contributed by atoms with Crippen molar-refractivity contribution in [3.8, 4) is 0 Å². The molecular weight excluding hydrogens is 436 g/mol. The molecule has 0 bridgehead atoms. The van der Waals surface area contributed by atoms with Gasteiger partial charge in [0.05, 0.1) is 0 Å². The minimum Gasteiger partial charge on any atom is -0.342 e. The Morgan fingerprint density at radius 3 is 2.34 bits per heavy atom. The molecule has 0 spiro atoms. The number of benzene rings is 1. The minimum atomic E-state index is -0.0422. The van der Waals surface area contributed by atoms with E-state index >= 15 is 0 Å². The minimum absolute atomic E-state index is 0.0335. The third-order valence-corrected chi connectivity index (χ3v) is 11.2. The predicted octanol–water partition coefficient (Wildman–Crippen LogP) is 5.94. The van der Waals surface area contributed by atoms with Crippen LogP contribution >= 0.6 is 0 Å². The van der Waals surface area contributed by atoms with Crippen LogP contribution in [0.5, 0.6) is 0 Å². The van der Waals surface area contributed by atoms with Crippen molar-refractivity contribution >= 4 is 23.3 Å². The number of rotatable bonds is 4. The molecule has 1 saturated heterocycles. The smallest absolute Gasteiger partial charge is 0.227 e. The predicted molar refractivity (Wildman–Crippen MR) is 138 cm³/mol. The molecule has 0 aromatic heterocycles. The Labute approximate surface area is 210 Å². The van der Waals surface area contributed by atoms with E-state index in [0.717, 1.165) is 30.9 Å². The lowest BCUT2D eigenvalue weighted by Gasteiger charge is -2.62. The highest BCUT2D eigenvalue weighted by molar-refractivity contribution is 5.96. The summed E-state index contributed by atoms with van der Waals surface area (Å²) in [7, 11) is 2.03. The van der Waals surface area contributed by atoms with Gasteiger partial charge in [-0.25, -0.2) is 0 Å². The molecule has 2 amide bonds. The number of Topliss-reactive ketones (excluding diaryl/α,β-unsaturated/α-hetero) is 1. The second-order valence-corrected chi connectivity index (χ2v) is 12.6. The van der Waals surface area contributed by atoms with E-state index in [1.807, 2.05) is 19.2 Å². The molecule has 0 radical (unpaired) electrons. The van der Waals surface area contributed by atoms with E-state index in [1.165, 1.54) is 25.7 Å². The fourth-order valence-corrected chi connectivity index (χ4v) is 9.24. The summed E-state index contributed by atoms with van der Waals surface area (Å²) >= 11 is 0. The molecule has 3 aliphatic carbocycles. The van der Waals surface area contributed by atoms with Crippen LogP contribution < -0.4 is 5.32 Å². The molecule has 4 aliphatic rings. The van der Waals surface area contributed by atoms with Crippen molar-refractivity contribution in [2.45, 2.75) is 85.1 Å². The SMILES string of the molecule is CC(=O)c1ccc(NC(=O)[C@@H](C)[C@H]2CC[C@H]3[C@@H]4CC[C@H]5N(C)C(=O)CC[C@]5(C)[C@H]4CC[C@]23C)cc1. The van der Waals surface area contributed by atoms with Crippen molar-refractivity contribution in [2.75, 3.05) is 12.4 Å². The Balaban J connectivity index is 1.30. The molecule has 1 N–H and O–H groups in total. The molecule has 5 nitrogen and oxygen atoms in total.